The zero-order valence-electron chi connectivity index (χ0n) is 14.9. The van der Waals surface area contributed by atoms with Gasteiger partial charge in [0.25, 0.3) is 5.91 Å². The standard InChI is InChI=1S/C18H14F4N4O3/c1-9-25-15(26-29-9)8-24-17(28)12-5-10(14-3-2-13(19)7-23-14)4-11(6-12)16(27)18(20,21)22/h2-7,16,27H,8H2,1H3,(H,24,28). The van der Waals surface area contributed by atoms with Crippen molar-refractivity contribution in [3.05, 3.63) is 65.2 Å². The summed E-state index contributed by atoms with van der Waals surface area (Å²) in [5.74, 6) is -0.891. The first-order valence-corrected chi connectivity index (χ1v) is 8.22. The molecule has 0 radical (unpaired) electrons. The maximum absolute atomic E-state index is 13.1. The lowest BCUT2D eigenvalue weighted by molar-refractivity contribution is -0.206. The maximum atomic E-state index is 13.1. The average Bonchev–Trinajstić information content (AvgIpc) is 3.10. The number of aryl methyl sites for hydroxylation is 1. The molecule has 2 aromatic heterocycles. The van der Waals surface area contributed by atoms with Crippen LogP contribution in [0.1, 0.15) is 33.7 Å². The Hall–Kier alpha value is -3.34. The number of amides is 1. The molecular weight excluding hydrogens is 396 g/mol. The van der Waals surface area contributed by atoms with Crippen LogP contribution in [0, 0.1) is 12.7 Å². The highest BCUT2D eigenvalue weighted by atomic mass is 19.4. The number of pyridine rings is 1. The van der Waals surface area contributed by atoms with Crippen LogP contribution in [-0.2, 0) is 6.54 Å². The predicted molar refractivity (Wildman–Crippen MR) is 90.9 cm³/mol. The normalized spacial score (nSPS) is 12.6. The second kappa shape index (κ2) is 7.95. The van der Waals surface area contributed by atoms with Crippen molar-refractivity contribution >= 4 is 5.91 Å². The van der Waals surface area contributed by atoms with E-state index in [0.717, 1.165) is 24.4 Å². The molecule has 2 heterocycles. The first kappa shape index (κ1) is 20.4. The second-order valence-electron chi connectivity index (χ2n) is 6.06. The molecule has 3 aromatic rings. The Morgan fingerprint density at radius 2 is 2.03 bits per heavy atom. The van der Waals surface area contributed by atoms with Gasteiger partial charge in [0.15, 0.2) is 11.9 Å². The van der Waals surface area contributed by atoms with Gasteiger partial charge in [-0.3, -0.25) is 9.78 Å². The number of rotatable bonds is 5. The lowest BCUT2D eigenvalue weighted by Gasteiger charge is -2.17. The Kier molecular flexibility index (Phi) is 5.59. The first-order chi connectivity index (χ1) is 13.6. The molecule has 1 unspecified atom stereocenters. The quantitative estimate of drug-likeness (QED) is 0.627. The van der Waals surface area contributed by atoms with Crippen molar-refractivity contribution in [2.45, 2.75) is 25.7 Å². The molecule has 0 fully saturated rings. The molecule has 1 atom stereocenters. The molecule has 0 aliphatic rings. The number of carbonyl (C=O) groups is 1. The van der Waals surface area contributed by atoms with Gasteiger partial charge in [0, 0.05) is 18.1 Å². The van der Waals surface area contributed by atoms with Crippen molar-refractivity contribution in [1.29, 1.82) is 0 Å². The fraction of sp³-hybridized carbons (Fsp3) is 0.222. The van der Waals surface area contributed by atoms with Crippen LogP contribution in [0.15, 0.2) is 41.1 Å². The summed E-state index contributed by atoms with van der Waals surface area (Å²) in [6.07, 6.45) is -6.86. The van der Waals surface area contributed by atoms with Crippen LogP contribution in [0.2, 0.25) is 0 Å². The number of nitrogens with zero attached hydrogens (tertiary/aromatic N) is 3. The molecular formula is C18H14F4N4O3. The summed E-state index contributed by atoms with van der Waals surface area (Å²) in [5, 5.41) is 15.7. The van der Waals surface area contributed by atoms with E-state index in [1.165, 1.54) is 12.1 Å². The number of hydrogen-bond donors (Lipinski definition) is 2. The molecule has 0 aliphatic carbocycles. The summed E-state index contributed by atoms with van der Waals surface area (Å²) >= 11 is 0. The van der Waals surface area contributed by atoms with E-state index >= 15 is 0 Å². The van der Waals surface area contributed by atoms with E-state index < -0.39 is 29.6 Å². The van der Waals surface area contributed by atoms with Crippen molar-refractivity contribution in [1.82, 2.24) is 20.4 Å². The van der Waals surface area contributed by atoms with Crippen LogP contribution in [0.5, 0.6) is 0 Å². The molecule has 11 heteroatoms. The fourth-order valence-electron chi connectivity index (χ4n) is 2.50. The van der Waals surface area contributed by atoms with E-state index in [4.69, 9.17) is 4.52 Å². The Morgan fingerprint density at radius 1 is 1.28 bits per heavy atom. The summed E-state index contributed by atoms with van der Waals surface area (Å²) in [6.45, 7) is 1.44. The van der Waals surface area contributed by atoms with E-state index in [2.05, 4.69) is 20.4 Å². The lowest BCUT2D eigenvalue weighted by Crippen LogP contribution is -2.25. The predicted octanol–water partition coefficient (Wildman–Crippen LogP) is 3.10. The Balaban J connectivity index is 1.94. The number of carbonyl (C=O) groups excluding carboxylic acids is 1. The third-order valence-electron chi connectivity index (χ3n) is 3.84. The van der Waals surface area contributed by atoms with Crippen molar-refractivity contribution in [2.24, 2.45) is 0 Å². The number of hydrogen-bond acceptors (Lipinski definition) is 6. The van der Waals surface area contributed by atoms with Gasteiger partial charge in [0.2, 0.25) is 5.89 Å². The molecule has 0 saturated heterocycles. The van der Waals surface area contributed by atoms with E-state index in [1.54, 1.807) is 6.92 Å². The van der Waals surface area contributed by atoms with Gasteiger partial charge >= 0.3 is 6.18 Å². The number of aliphatic hydroxyl groups is 1. The Bertz CT molecular complexity index is 1020. The van der Waals surface area contributed by atoms with Crippen molar-refractivity contribution in [3.8, 4) is 11.3 Å². The summed E-state index contributed by atoms with van der Waals surface area (Å²) in [5.41, 5.74) is -0.481. The number of aliphatic hydroxyl groups excluding tert-OH is 1. The number of benzene rings is 1. The smallest absolute Gasteiger partial charge is 0.379 e. The average molecular weight is 410 g/mol. The molecule has 2 N–H and O–H groups in total. The molecule has 0 bridgehead atoms. The summed E-state index contributed by atoms with van der Waals surface area (Å²) in [6, 6.07) is 5.56. The van der Waals surface area contributed by atoms with E-state index in [-0.39, 0.29) is 35.1 Å². The van der Waals surface area contributed by atoms with E-state index in [9.17, 15) is 27.5 Å². The number of alkyl halides is 3. The van der Waals surface area contributed by atoms with Gasteiger partial charge in [-0.05, 0) is 35.9 Å². The van der Waals surface area contributed by atoms with Crippen molar-refractivity contribution in [2.75, 3.05) is 0 Å². The van der Waals surface area contributed by atoms with Gasteiger partial charge in [-0.1, -0.05) is 5.16 Å². The molecule has 0 spiro atoms. The molecule has 3 rings (SSSR count). The van der Waals surface area contributed by atoms with Crippen molar-refractivity contribution in [3.63, 3.8) is 0 Å². The molecule has 29 heavy (non-hydrogen) atoms. The molecule has 0 aliphatic heterocycles. The van der Waals surface area contributed by atoms with Crippen LogP contribution in [0.25, 0.3) is 11.3 Å². The molecule has 1 aromatic carbocycles. The molecule has 0 saturated carbocycles. The van der Waals surface area contributed by atoms with Gasteiger partial charge in [0.1, 0.15) is 5.82 Å². The molecule has 152 valence electrons. The van der Waals surface area contributed by atoms with Gasteiger partial charge in [-0.2, -0.15) is 18.2 Å². The monoisotopic (exact) mass is 410 g/mol. The van der Waals surface area contributed by atoms with Crippen LogP contribution < -0.4 is 5.32 Å². The minimum atomic E-state index is -4.94. The van der Waals surface area contributed by atoms with Gasteiger partial charge in [-0.25, -0.2) is 4.39 Å². The third-order valence-corrected chi connectivity index (χ3v) is 3.84. The largest absolute Gasteiger partial charge is 0.418 e. The SMILES string of the molecule is Cc1nc(CNC(=O)c2cc(-c3ccc(F)cn3)cc(C(O)C(F)(F)F)c2)no1. The summed E-state index contributed by atoms with van der Waals surface area (Å²) in [4.78, 5) is 20.2. The van der Waals surface area contributed by atoms with Crippen LogP contribution in [0.3, 0.4) is 0 Å². The fourth-order valence-corrected chi connectivity index (χ4v) is 2.50. The Labute approximate surface area is 161 Å². The van der Waals surface area contributed by atoms with Gasteiger partial charge < -0.3 is 14.9 Å². The summed E-state index contributed by atoms with van der Waals surface area (Å²) < 4.78 is 56.8. The highest BCUT2D eigenvalue weighted by molar-refractivity contribution is 5.95. The number of halogens is 4. The molecule has 7 nitrogen and oxygen atoms in total. The molecule has 1 amide bonds. The van der Waals surface area contributed by atoms with Crippen molar-refractivity contribution < 1.29 is 32.0 Å². The Morgan fingerprint density at radius 3 is 2.62 bits per heavy atom. The second-order valence-corrected chi connectivity index (χ2v) is 6.06. The first-order valence-electron chi connectivity index (χ1n) is 8.22. The maximum Gasteiger partial charge on any atom is 0.418 e. The minimum absolute atomic E-state index is 0.103. The summed E-state index contributed by atoms with van der Waals surface area (Å²) in [7, 11) is 0. The van der Waals surface area contributed by atoms with E-state index in [1.807, 2.05) is 0 Å². The lowest BCUT2D eigenvalue weighted by atomic mass is 9.99. The van der Waals surface area contributed by atoms with Crippen LogP contribution >= 0.6 is 0 Å². The highest BCUT2D eigenvalue weighted by Gasteiger charge is 2.39. The highest BCUT2D eigenvalue weighted by Crippen LogP contribution is 2.34. The third kappa shape index (κ3) is 4.93. The van der Waals surface area contributed by atoms with Crippen LogP contribution in [-0.4, -0.2) is 32.3 Å². The number of nitrogens with one attached hydrogen (secondary N) is 1. The zero-order valence-corrected chi connectivity index (χ0v) is 14.9. The zero-order chi connectivity index (χ0) is 21.2. The van der Waals surface area contributed by atoms with E-state index in [0.29, 0.717) is 0 Å². The van der Waals surface area contributed by atoms with Gasteiger partial charge in [0.05, 0.1) is 18.4 Å². The topological polar surface area (TPSA) is 101 Å². The number of aromatic nitrogens is 3. The van der Waals surface area contributed by atoms with Crippen LogP contribution in [0.4, 0.5) is 17.6 Å². The minimum Gasteiger partial charge on any atom is -0.379 e. The van der Waals surface area contributed by atoms with Gasteiger partial charge in [-0.15, -0.1) is 0 Å².